The number of allylic oxidation sites excluding steroid dienone is 1. The summed E-state index contributed by atoms with van der Waals surface area (Å²) in [4.78, 5) is 12.1. The predicted molar refractivity (Wildman–Crippen MR) is 83.0 cm³/mol. The van der Waals surface area contributed by atoms with E-state index < -0.39 is 15.9 Å². The number of benzene rings is 1. The molecule has 21 heavy (non-hydrogen) atoms. The zero-order valence-electron chi connectivity index (χ0n) is 12.7. The second-order valence-corrected chi connectivity index (χ2v) is 6.67. The predicted octanol–water partition coefficient (Wildman–Crippen LogP) is 2.50. The number of sulfonamides is 1. The Morgan fingerprint density at radius 1 is 1.24 bits per heavy atom. The molecule has 0 heterocycles. The third-order valence-corrected chi connectivity index (χ3v) is 4.50. The number of amides is 1. The topological polar surface area (TPSA) is 54.5 Å². The van der Waals surface area contributed by atoms with Gasteiger partial charge in [-0.05, 0) is 45.7 Å². The maximum Gasteiger partial charge on any atom is 0.312 e. The molecule has 0 saturated carbocycles. The number of hydrogen-bond donors (Lipinski definition) is 0. The molecule has 0 atom stereocenters. The number of aryl methyl sites for hydroxylation is 1. The first-order chi connectivity index (χ1) is 9.78. The quantitative estimate of drug-likeness (QED) is 0.634. The average molecular weight is 305 g/mol. The molecule has 0 N–H and O–H groups in total. The zero-order chi connectivity index (χ0) is 16.0. The molecule has 0 aromatic heterocycles. The van der Waals surface area contributed by atoms with E-state index in [2.05, 4.69) is 11.8 Å². The van der Waals surface area contributed by atoms with E-state index in [1.54, 1.807) is 18.2 Å². The van der Waals surface area contributed by atoms with Crippen LogP contribution in [0.5, 0.6) is 0 Å². The van der Waals surface area contributed by atoms with Crippen molar-refractivity contribution in [2.75, 3.05) is 6.54 Å². The van der Waals surface area contributed by atoms with Gasteiger partial charge in [0.25, 0.3) is 10.0 Å². The lowest BCUT2D eigenvalue weighted by Gasteiger charge is -2.19. The summed E-state index contributed by atoms with van der Waals surface area (Å²) < 4.78 is 26.0. The molecule has 0 radical (unpaired) electrons. The number of carbonyl (C=O) groups is 1. The van der Waals surface area contributed by atoms with Crippen LogP contribution in [0, 0.1) is 18.8 Å². The van der Waals surface area contributed by atoms with Crippen molar-refractivity contribution in [2.24, 2.45) is 0 Å². The summed E-state index contributed by atoms with van der Waals surface area (Å²) >= 11 is 0. The van der Waals surface area contributed by atoms with E-state index in [0.717, 1.165) is 15.4 Å². The van der Waals surface area contributed by atoms with E-state index in [0.29, 0.717) is 0 Å². The molecule has 1 amide bonds. The lowest BCUT2D eigenvalue weighted by molar-refractivity contribution is -0.120. The van der Waals surface area contributed by atoms with E-state index >= 15 is 0 Å². The maximum atomic E-state index is 12.6. The van der Waals surface area contributed by atoms with Gasteiger partial charge in [0, 0.05) is 0 Å². The fraction of sp³-hybridized carbons (Fsp3) is 0.312. The first kappa shape index (κ1) is 17.0. The highest BCUT2D eigenvalue weighted by Gasteiger charge is 2.27. The van der Waals surface area contributed by atoms with Crippen LogP contribution in [0.3, 0.4) is 0 Å². The average Bonchev–Trinajstić information content (AvgIpc) is 2.39. The lowest BCUT2D eigenvalue weighted by atomic mass is 10.2. The van der Waals surface area contributed by atoms with Crippen LogP contribution < -0.4 is 0 Å². The largest absolute Gasteiger partial charge is 0.312 e. The van der Waals surface area contributed by atoms with E-state index in [4.69, 9.17) is 0 Å². The second kappa shape index (κ2) is 7.09. The Kier molecular flexibility index (Phi) is 5.74. The Hall–Kier alpha value is -2.06. The summed E-state index contributed by atoms with van der Waals surface area (Å²) in [5, 5.41) is 0. The molecule has 0 aliphatic carbocycles. The normalized spacial score (nSPS) is 10.3. The third-order valence-electron chi connectivity index (χ3n) is 2.73. The van der Waals surface area contributed by atoms with Gasteiger partial charge in [-0.3, -0.25) is 4.79 Å². The van der Waals surface area contributed by atoms with E-state index in [9.17, 15) is 13.2 Å². The highest BCUT2D eigenvalue weighted by atomic mass is 32.2. The molecular formula is C16H19NO3S. The minimum atomic E-state index is -3.90. The van der Waals surface area contributed by atoms with E-state index in [1.807, 2.05) is 20.8 Å². The van der Waals surface area contributed by atoms with Gasteiger partial charge in [-0.2, -0.15) is 0 Å². The van der Waals surface area contributed by atoms with Crippen LogP contribution in [-0.2, 0) is 14.8 Å². The zero-order valence-corrected chi connectivity index (χ0v) is 13.5. The van der Waals surface area contributed by atoms with Gasteiger partial charge in [0.05, 0.1) is 11.4 Å². The molecule has 1 aromatic carbocycles. The summed E-state index contributed by atoms with van der Waals surface area (Å²) in [5.74, 6) is 4.00. The first-order valence-electron chi connectivity index (χ1n) is 6.48. The third kappa shape index (κ3) is 4.47. The molecule has 4 nitrogen and oxygen atoms in total. The summed E-state index contributed by atoms with van der Waals surface area (Å²) in [5.41, 5.74) is 1.88. The molecule has 0 bridgehead atoms. The van der Waals surface area contributed by atoms with Crippen molar-refractivity contribution in [3.63, 3.8) is 0 Å². The van der Waals surface area contributed by atoms with Gasteiger partial charge in [0.2, 0.25) is 0 Å². The molecule has 0 aliphatic heterocycles. The number of rotatable bonds is 4. The Balaban J connectivity index is 3.27. The number of carbonyl (C=O) groups excluding carboxylic acids is 1. The number of hydrogen-bond acceptors (Lipinski definition) is 3. The molecular weight excluding hydrogens is 286 g/mol. The Bertz CT molecular complexity index is 700. The van der Waals surface area contributed by atoms with Crippen LogP contribution in [-0.4, -0.2) is 25.2 Å². The summed E-state index contributed by atoms with van der Waals surface area (Å²) in [6, 6.07) is 6.38. The van der Waals surface area contributed by atoms with Crippen molar-refractivity contribution >= 4 is 15.9 Å². The van der Waals surface area contributed by atoms with Crippen molar-refractivity contribution in [3.05, 3.63) is 41.5 Å². The Morgan fingerprint density at radius 3 is 2.29 bits per heavy atom. The Morgan fingerprint density at radius 2 is 1.81 bits per heavy atom. The second-order valence-electron chi connectivity index (χ2n) is 4.81. The van der Waals surface area contributed by atoms with E-state index in [-0.39, 0.29) is 11.4 Å². The van der Waals surface area contributed by atoms with Crippen molar-refractivity contribution in [2.45, 2.75) is 32.6 Å². The van der Waals surface area contributed by atoms with Gasteiger partial charge in [0.1, 0.15) is 0 Å². The smallest absolute Gasteiger partial charge is 0.258 e. The van der Waals surface area contributed by atoms with Gasteiger partial charge < -0.3 is 0 Å². The van der Waals surface area contributed by atoms with Crippen LogP contribution in [0.1, 0.15) is 26.3 Å². The van der Waals surface area contributed by atoms with Crippen molar-refractivity contribution in [1.29, 1.82) is 0 Å². The highest BCUT2D eigenvalue weighted by Crippen LogP contribution is 2.17. The minimum absolute atomic E-state index is 0.0218. The van der Waals surface area contributed by atoms with Crippen LogP contribution in [0.2, 0.25) is 0 Å². The molecule has 1 aromatic rings. The SMILES string of the molecule is CC#CC(=O)N(CC=C(C)C)S(=O)(=O)c1ccc(C)cc1. The number of nitrogens with zero attached hydrogens (tertiary/aromatic N) is 1. The molecule has 5 heteroatoms. The molecule has 0 saturated heterocycles. The van der Waals surface area contributed by atoms with Gasteiger partial charge >= 0.3 is 5.91 Å². The van der Waals surface area contributed by atoms with Crippen molar-refractivity contribution in [3.8, 4) is 11.8 Å². The highest BCUT2D eigenvalue weighted by molar-refractivity contribution is 7.89. The Labute approximate surface area is 126 Å². The van der Waals surface area contributed by atoms with Crippen LogP contribution >= 0.6 is 0 Å². The molecule has 1 rings (SSSR count). The molecule has 0 spiro atoms. The minimum Gasteiger partial charge on any atom is -0.258 e. The van der Waals surface area contributed by atoms with Gasteiger partial charge in [-0.1, -0.05) is 35.3 Å². The lowest BCUT2D eigenvalue weighted by Crippen LogP contribution is -2.36. The fourth-order valence-corrected chi connectivity index (χ4v) is 2.83. The monoisotopic (exact) mass is 305 g/mol. The fourth-order valence-electron chi connectivity index (χ4n) is 1.56. The first-order valence-corrected chi connectivity index (χ1v) is 7.92. The summed E-state index contributed by atoms with van der Waals surface area (Å²) in [6.07, 6.45) is 1.68. The standard InChI is InChI=1S/C16H19NO3S/c1-5-6-16(18)17(12-11-13(2)3)21(19,20)15-9-7-14(4)8-10-15/h7-11H,12H2,1-4H3. The molecule has 0 fully saturated rings. The van der Waals surface area contributed by atoms with Crippen molar-refractivity contribution in [1.82, 2.24) is 4.31 Å². The van der Waals surface area contributed by atoms with Crippen molar-refractivity contribution < 1.29 is 13.2 Å². The van der Waals surface area contributed by atoms with Gasteiger partial charge in [0.15, 0.2) is 0 Å². The van der Waals surface area contributed by atoms with Crippen LogP contribution in [0.25, 0.3) is 0 Å². The molecule has 112 valence electrons. The van der Waals surface area contributed by atoms with Gasteiger partial charge in [-0.15, -0.1) is 0 Å². The maximum absolute atomic E-state index is 12.6. The molecule has 0 unspecified atom stereocenters. The van der Waals surface area contributed by atoms with Gasteiger partial charge in [-0.25, -0.2) is 12.7 Å². The summed E-state index contributed by atoms with van der Waals surface area (Å²) in [7, 11) is -3.90. The van der Waals surface area contributed by atoms with Crippen LogP contribution in [0.4, 0.5) is 0 Å². The summed E-state index contributed by atoms with van der Waals surface area (Å²) in [6.45, 7) is 7.02. The van der Waals surface area contributed by atoms with E-state index in [1.165, 1.54) is 19.1 Å². The van der Waals surface area contributed by atoms with Crippen LogP contribution in [0.15, 0.2) is 40.8 Å². The molecule has 0 aliphatic rings.